The van der Waals surface area contributed by atoms with Crippen LogP contribution in [0.15, 0.2) is 30.5 Å². The van der Waals surface area contributed by atoms with Crippen LogP contribution in [-0.4, -0.2) is 23.2 Å². The highest BCUT2D eigenvalue weighted by molar-refractivity contribution is 5.96. The third kappa shape index (κ3) is 1.77. The SMILES string of the molecule is COc1cccc2[nH]cc(/C=C/C(=O)O)c12. The first-order valence-electron chi connectivity index (χ1n) is 4.77. The van der Waals surface area contributed by atoms with E-state index in [1.807, 2.05) is 18.2 Å². The van der Waals surface area contributed by atoms with Crippen molar-refractivity contribution in [2.45, 2.75) is 0 Å². The third-order valence-electron chi connectivity index (χ3n) is 2.32. The zero-order chi connectivity index (χ0) is 11.5. The number of methoxy groups -OCH3 is 1. The van der Waals surface area contributed by atoms with Gasteiger partial charge in [-0.25, -0.2) is 4.79 Å². The number of hydrogen-bond acceptors (Lipinski definition) is 2. The molecule has 2 rings (SSSR count). The molecule has 0 atom stereocenters. The van der Waals surface area contributed by atoms with E-state index in [9.17, 15) is 4.79 Å². The van der Waals surface area contributed by atoms with Crippen LogP contribution in [0.1, 0.15) is 5.56 Å². The fourth-order valence-corrected chi connectivity index (χ4v) is 1.64. The number of hydrogen-bond donors (Lipinski definition) is 2. The molecule has 2 aromatic rings. The summed E-state index contributed by atoms with van der Waals surface area (Å²) in [6.45, 7) is 0. The summed E-state index contributed by atoms with van der Waals surface area (Å²) in [5.74, 6) is -0.243. The Morgan fingerprint density at radius 2 is 2.31 bits per heavy atom. The Morgan fingerprint density at radius 1 is 1.50 bits per heavy atom. The van der Waals surface area contributed by atoms with Crippen LogP contribution in [-0.2, 0) is 4.79 Å². The summed E-state index contributed by atoms with van der Waals surface area (Å²) in [5, 5.41) is 9.47. The predicted molar refractivity (Wildman–Crippen MR) is 61.5 cm³/mol. The van der Waals surface area contributed by atoms with Crippen LogP contribution in [0.25, 0.3) is 17.0 Å². The van der Waals surface area contributed by atoms with E-state index in [2.05, 4.69) is 4.98 Å². The molecule has 0 aliphatic heterocycles. The van der Waals surface area contributed by atoms with Gasteiger partial charge in [-0.15, -0.1) is 0 Å². The van der Waals surface area contributed by atoms with Crippen molar-refractivity contribution in [3.63, 3.8) is 0 Å². The normalized spacial score (nSPS) is 11.1. The van der Waals surface area contributed by atoms with Crippen LogP contribution in [0.3, 0.4) is 0 Å². The number of benzene rings is 1. The minimum Gasteiger partial charge on any atom is -0.496 e. The molecule has 1 heterocycles. The van der Waals surface area contributed by atoms with Crippen LogP contribution in [0.2, 0.25) is 0 Å². The zero-order valence-corrected chi connectivity index (χ0v) is 8.73. The Hall–Kier alpha value is -2.23. The number of carbonyl (C=O) groups is 1. The minimum absolute atomic E-state index is 0.726. The molecule has 0 aliphatic carbocycles. The lowest BCUT2D eigenvalue weighted by Crippen LogP contribution is -1.86. The van der Waals surface area contributed by atoms with E-state index in [1.54, 1.807) is 19.4 Å². The number of fused-ring (bicyclic) bond motifs is 1. The molecule has 0 fully saturated rings. The first-order chi connectivity index (χ1) is 7.72. The van der Waals surface area contributed by atoms with Gasteiger partial charge in [0.15, 0.2) is 0 Å². The van der Waals surface area contributed by atoms with E-state index in [1.165, 1.54) is 0 Å². The van der Waals surface area contributed by atoms with Gasteiger partial charge in [-0.1, -0.05) is 6.07 Å². The van der Waals surface area contributed by atoms with Crippen molar-refractivity contribution >= 4 is 22.9 Å². The van der Waals surface area contributed by atoms with Gasteiger partial charge in [0.25, 0.3) is 0 Å². The first kappa shape index (κ1) is 10.3. The van der Waals surface area contributed by atoms with E-state index in [0.717, 1.165) is 28.3 Å². The van der Waals surface area contributed by atoms with Crippen molar-refractivity contribution in [2.24, 2.45) is 0 Å². The second-order valence-corrected chi connectivity index (χ2v) is 3.30. The fourth-order valence-electron chi connectivity index (χ4n) is 1.64. The number of rotatable bonds is 3. The molecular weight excluding hydrogens is 206 g/mol. The van der Waals surface area contributed by atoms with Gasteiger partial charge >= 0.3 is 5.97 Å². The maximum absolute atomic E-state index is 10.5. The molecule has 4 nitrogen and oxygen atoms in total. The summed E-state index contributed by atoms with van der Waals surface area (Å²) >= 11 is 0. The van der Waals surface area contributed by atoms with Crippen LogP contribution >= 0.6 is 0 Å². The second-order valence-electron chi connectivity index (χ2n) is 3.30. The van der Waals surface area contributed by atoms with E-state index in [-0.39, 0.29) is 0 Å². The van der Waals surface area contributed by atoms with Crippen molar-refractivity contribution in [1.82, 2.24) is 4.98 Å². The third-order valence-corrected chi connectivity index (χ3v) is 2.32. The number of H-pyrrole nitrogens is 1. The largest absolute Gasteiger partial charge is 0.496 e. The van der Waals surface area contributed by atoms with Crippen molar-refractivity contribution in [3.05, 3.63) is 36.0 Å². The van der Waals surface area contributed by atoms with Gasteiger partial charge in [-0.2, -0.15) is 0 Å². The number of aromatic amines is 1. The van der Waals surface area contributed by atoms with Gasteiger partial charge in [0.1, 0.15) is 5.75 Å². The highest BCUT2D eigenvalue weighted by atomic mass is 16.5. The molecule has 1 aromatic carbocycles. The van der Waals surface area contributed by atoms with Gasteiger partial charge in [0.2, 0.25) is 0 Å². The molecule has 0 radical (unpaired) electrons. The molecule has 2 N–H and O–H groups in total. The van der Waals surface area contributed by atoms with Gasteiger partial charge in [-0.3, -0.25) is 0 Å². The number of carboxylic acids is 1. The van der Waals surface area contributed by atoms with Gasteiger partial charge in [-0.05, 0) is 18.2 Å². The molecule has 0 saturated carbocycles. The number of nitrogens with one attached hydrogen (secondary N) is 1. The van der Waals surface area contributed by atoms with Crippen molar-refractivity contribution in [2.75, 3.05) is 7.11 Å². The molecule has 0 bridgehead atoms. The number of carboxylic acid groups (broad SMARTS) is 1. The monoisotopic (exact) mass is 217 g/mol. The van der Waals surface area contributed by atoms with Crippen LogP contribution < -0.4 is 4.74 Å². The number of aromatic nitrogens is 1. The molecule has 0 amide bonds. The Labute approximate surface area is 92.2 Å². The zero-order valence-electron chi connectivity index (χ0n) is 8.73. The molecule has 82 valence electrons. The molecule has 0 spiro atoms. The number of ether oxygens (including phenoxy) is 1. The summed E-state index contributed by atoms with van der Waals surface area (Å²) in [5.41, 5.74) is 1.72. The van der Waals surface area contributed by atoms with Gasteiger partial charge < -0.3 is 14.8 Å². The average molecular weight is 217 g/mol. The Balaban J connectivity index is 2.58. The average Bonchev–Trinajstić information content (AvgIpc) is 2.69. The standard InChI is InChI=1S/C12H11NO3/c1-16-10-4-2-3-9-12(10)8(7-13-9)5-6-11(14)15/h2-7,13H,1H3,(H,14,15)/b6-5+. The van der Waals surface area contributed by atoms with Gasteiger partial charge in [0.05, 0.1) is 7.11 Å². The minimum atomic E-state index is -0.968. The molecule has 4 heteroatoms. The molecule has 16 heavy (non-hydrogen) atoms. The van der Waals surface area contributed by atoms with Crippen LogP contribution in [0.4, 0.5) is 0 Å². The van der Waals surface area contributed by atoms with E-state index in [0.29, 0.717) is 0 Å². The van der Waals surface area contributed by atoms with Crippen molar-refractivity contribution in [1.29, 1.82) is 0 Å². The van der Waals surface area contributed by atoms with Gasteiger partial charge in [0, 0.05) is 28.7 Å². The lowest BCUT2D eigenvalue weighted by Gasteiger charge is -2.01. The summed E-state index contributed by atoms with van der Waals surface area (Å²) in [4.78, 5) is 13.5. The Morgan fingerprint density at radius 3 is 3.00 bits per heavy atom. The molecule has 1 aromatic heterocycles. The second kappa shape index (κ2) is 4.10. The van der Waals surface area contributed by atoms with E-state index >= 15 is 0 Å². The Kier molecular flexibility index (Phi) is 2.64. The van der Waals surface area contributed by atoms with E-state index in [4.69, 9.17) is 9.84 Å². The fraction of sp³-hybridized carbons (Fsp3) is 0.0833. The predicted octanol–water partition coefficient (Wildman–Crippen LogP) is 2.27. The highest BCUT2D eigenvalue weighted by Gasteiger charge is 2.06. The molecule has 0 unspecified atom stereocenters. The molecule has 0 aliphatic rings. The lowest BCUT2D eigenvalue weighted by atomic mass is 10.1. The highest BCUT2D eigenvalue weighted by Crippen LogP contribution is 2.29. The van der Waals surface area contributed by atoms with Crippen molar-refractivity contribution < 1.29 is 14.6 Å². The molecular formula is C12H11NO3. The van der Waals surface area contributed by atoms with E-state index < -0.39 is 5.97 Å². The van der Waals surface area contributed by atoms with Crippen LogP contribution in [0.5, 0.6) is 5.75 Å². The number of aliphatic carboxylic acids is 1. The summed E-state index contributed by atoms with van der Waals surface area (Å²) in [6.07, 6.45) is 4.41. The summed E-state index contributed by atoms with van der Waals surface area (Å²) < 4.78 is 5.23. The first-order valence-corrected chi connectivity index (χ1v) is 4.77. The summed E-state index contributed by atoms with van der Waals surface area (Å²) in [7, 11) is 1.59. The smallest absolute Gasteiger partial charge is 0.328 e. The maximum Gasteiger partial charge on any atom is 0.328 e. The maximum atomic E-state index is 10.5. The quantitative estimate of drug-likeness (QED) is 0.775. The molecule has 0 saturated heterocycles. The lowest BCUT2D eigenvalue weighted by molar-refractivity contribution is -0.131. The Bertz CT molecular complexity index is 554. The summed E-state index contributed by atoms with van der Waals surface area (Å²) in [6, 6.07) is 5.63. The topological polar surface area (TPSA) is 62.3 Å². The van der Waals surface area contributed by atoms with Crippen LogP contribution in [0, 0.1) is 0 Å². The van der Waals surface area contributed by atoms with Crippen molar-refractivity contribution in [3.8, 4) is 5.75 Å².